The average molecular weight is 316 g/mol. The lowest BCUT2D eigenvalue weighted by molar-refractivity contribution is 0.0704. The summed E-state index contributed by atoms with van der Waals surface area (Å²) in [6, 6.07) is 0. The predicted octanol–water partition coefficient (Wildman–Crippen LogP) is 1.43. The molecule has 0 saturated carbocycles. The number of hydrogen-bond donors (Lipinski definition) is 1. The third kappa shape index (κ3) is 4.77. The summed E-state index contributed by atoms with van der Waals surface area (Å²) >= 11 is 5.99. The van der Waals surface area contributed by atoms with E-state index in [2.05, 4.69) is 9.59 Å². The summed E-state index contributed by atoms with van der Waals surface area (Å²) in [6.45, 7) is 5.41. The molecule has 112 valence electrons. The van der Waals surface area contributed by atoms with Crippen LogP contribution in [-0.4, -0.2) is 52.2 Å². The number of rotatable bonds is 8. The number of nitrogens with zero attached hydrogens (tertiary/aromatic N) is 3. The van der Waals surface area contributed by atoms with E-state index in [1.165, 1.54) is 0 Å². The number of thiocarbonyl (C=S) groups is 1. The van der Waals surface area contributed by atoms with Gasteiger partial charge in [0, 0.05) is 26.6 Å². The molecule has 0 aliphatic rings. The van der Waals surface area contributed by atoms with E-state index in [9.17, 15) is 4.79 Å². The Morgan fingerprint density at radius 3 is 2.75 bits per heavy atom. The topological polar surface area (TPSA) is 81.3 Å². The monoisotopic (exact) mass is 316 g/mol. The highest BCUT2D eigenvalue weighted by molar-refractivity contribution is 7.80. The minimum Gasteiger partial charge on any atom is -0.393 e. The van der Waals surface area contributed by atoms with Gasteiger partial charge in [0.05, 0.1) is 17.3 Å². The Morgan fingerprint density at radius 2 is 2.20 bits per heavy atom. The maximum atomic E-state index is 12.6. The van der Waals surface area contributed by atoms with Crippen molar-refractivity contribution in [2.75, 3.05) is 26.8 Å². The zero-order chi connectivity index (χ0) is 15.1. The SMILES string of the molecule is COCCN(CCC(N)=S)C(=O)c1snnc1C(C)C. The summed E-state index contributed by atoms with van der Waals surface area (Å²) in [5.74, 6) is 0.0737. The summed E-state index contributed by atoms with van der Waals surface area (Å²) < 4.78 is 8.92. The second kappa shape index (κ2) is 8.23. The van der Waals surface area contributed by atoms with Crippen molar-refractivity contribution in [3.05, 3.63) is 10.6 Å². The largest absolute Gasteiger partial charge is 0.393 e. The van der Waals surface area contributed by atoms with E-state index in [4.69, 9.17) is 22.7 Å². The average Bonchev–Trinajstić information content (AvgIpc) is 2.87. The molecule has 0 unspecified atom stereocenters. The lowest BCUT2D eigenvalue weighted by atomic mass is 10.1. The van der Waals surface area contributed by atoms with Crippen LogP contribution in [0.4, 0.5) is 0 Å². The third-order valence-corrected chi connectivity index (χ3v) is 3.67. The van der Waals surface area contributed by atoms with Gasteiger partial charge in [-0.25, -0.2) is 0 Å². The van der Waals surface area contributed by atoms with E-state index in [0.29, 0.717) is 36.0 Å². The van der Waals surface area contributed by atoms with Gasteiger partial charge >= 0.3 is 0 Å². The molecule has 0 radical (unpaired) electrons. The highest BCUT2D eigenvalue weighted by Crippen LogP contribution is 2.21. The molecule has 0 aromatic carbocycles. The number of methoxy groups -OCH3 is 1. The van der Waals surface area contributed by atoms with Crippen molar-refractivity contribution in [3.8, 4) is 0 Å². The Bertz CT molecular complexity index is 462. The van der Waals surface area contributed by atoms with Crippen molar-refractivity contribution >= 4 is 34.6 Å². The number of hydrogen-bond acceptors (Lipinski definition) is 6. The van der Waals surface area contributed by atoms with Crippen molar-refractivity contribution in [1.29, 1.82) is 0 Å². The molecule has 1 amide bonds. The molecular formula is C12H20N4O2S2. The van der Waals surface area contributed by atoms with Crippen molar-refractivity contribution in [1.82, 2.24) is 14.5 Å². The van der Waals surface area contributed by atoms with Crippen LogP contribution in [0.25, 0.3) is 0 Å². The molecule has 0 spiro atoms. The molecule has 1 rings (SSSR count). The predicted molar refractivity (Wildman–Crippen MR) is 83.2 cm³/mol. The van der Waals surface area contributed by atoms with Crippen LogP contribution in [0.5, 0.6) is 0 Å². The van der Waals surface area contributed by atoms with E-state index in [1.807, 2.05) is 13.8 Å². The quantitative estimate of drug-likeness (QED) is 0.731. The molecule has 6 nitrogen and oxygen atoms in total. The van der Waals surface area contributed by atoms with Crippen LogP contribution in [0, 0.1) is 0 Å². The molecule has 8 heteroatoms. The smallest absolute Gasteiger partial charge is 0.267 e. The van der Waals surface area contributed by atoms with Gasteiger partial charge in [-0.05, 0) is 17.5 Å². The number of ether oxygens (including phenoxy) is 1. The van der Waals surface area contributed by atoms with Gasteiger partial charge in [0.1, 0.15) is 4.88 Å². The summed E-state index contributed by atoms with van der Waals surface area (Å²) in [4.78, 5) is 15.2. The van der Waals surface area contributed by atoms with Gasteiger partial charge in [0.15, 0.2) is 0 Å². The highest BCUT2D eigenvalue weighted by atomic mass is 32.1. The van der Waals surface area contributed by atoms with Crippen molar-refractivity contribution in [2.24, 2.45) is 5.73 Å². The number of carbonyl (C=O) groups excluding carboxylic acids is 1. The second-order valence-electron chi connectivity index (χ2n) is 4.64. The molecule has 0 saturated heterocycles. The van der Waals surface area contributed by atoms with E-state index >= 15 is 0 Å². The van der Waals surface area contributed by atoms with Crippen LogP contribution in [0.3, 0.4) is 0 Å². The van der Waals surface area contributed by atoms with Crippen LogP contribution < -0.4 is 5.73 Å². The first-order chi connectivity index (χ1) is 9.47. The first-order valence-corrected chi connectivity index (χ1v) is 7.54. The van der Waals surface area contributed by atoms with E-state index < -0.39 is 0 Å². The fourth-order valence-corrected chi connectivity index (χ4v) is 2.51. The van der Waals surface area contributed by atoms with Crippen LogP contribution in [0.2, 0.25) is 0 Å². The maximum Gasteiger partial charge on any atom is 0.267 e. The number of nitrogens with two attached hydrogens (primary N) is 1. The van der Waals surface area contributed by atoms with Crippen LogP contribution in [0.15, 0.2) is 0 Å². The van der Waals surface area contributed by atoms with Crippen LogP contribution in [0.1, 0.15) is 41.6 Å². The Hall–Kier alpha value is -1.12. The number of amides is 1. The zero-order valence-electron chi connectivity index (χ0n) is 12.0. The van der Waals surface area contributed by atoms with E-state index in [0.717, 1.165) is 17.2 Å². The van der Waals surface area contributed by atoms with Crippen molar-refractivity contribution in [3.63, 3.8) is 0 Å². The fraction of sp³-hybridized carbons (Fsp3) is 0.667. The summed E-state index contributed by atoms with van der Waals surface area (Å²) in [6.07, 6.45) is 0.494. The van der Waals surface area contributed by atoms with E-state index in [-0.39, 0.29) is 11.8 Å². The van der Waals surface area contributed by atoms with Gasteiger partial charge in [0.2, 0.25) is 0 Å². The van der Waals surface area contributed by atoms with Gasteiger partial charge < -0.3 is 15.4 Å². The molecule has 1 aromatic heterocycles. The zero-order valence-corrected chi connectivity index (χ0v) is 13.6. The molecule has 0 aliphatic carbocycles. The normalized spacial score (nSPS) is 10.8. The molecular weight excluding hydrogens is 296 g/mol. The molecule has 1 heterocycles. The molecule has 0 fully saturated rings. The Kier molecular flexibility index (Phi) is 6.97. The summed E-state index contributed by atoms with van der Waals surface area (Å²) in [7, 11) is 1.60. The Morgan fingerprint density at radius 1 is 1.50 bits per heavy atom. The van der Waals surface area contributed by atoms with Gasteiger partial charge in [0.25, 0.3) is 5.91 Å². The molecule has 2 N–H and O–H groups in total. The fourth-order valence-electron chi connectivity index (χ4n) is 1.63. The third-order valence-electron chi connectivity index (χ3n) is 2.74. The molecule has 0 atom stereocenters. The van der Waals surface area contributed by atoms with Crippen LogP contribution in [-0.2, 0) is 4.74 Å². The Labute approximate surface area is 128 Å². The lowest BCUT2D eigenvalue weighted by Gasteiger charge is -2.22. The second-order valence-corrected chi connectivity index (χ2v) is 5.92. The minimum absolute atomic E-state index is 0.0861. The van der Waals surface area contributed by atoms with Crippen molar-refractivity contribution < 1.29 is 9.53 Å². The standard InChI is InChI=1S/C12H20N4O2S2/c1-8(2)10-11(20-15-14-10)12(17)16(6-7-18-3)5-4-9(13)19/h8H,4-7H2,1-3H3,(H2,13,19). The number of aromatic nitrogens is 2. The lowest BCUT2D eigenvalue weighted by Crippen LogP contribution is -2.36. The van der Waals surface area contributed by atoms with Gasteiger partial charge in [-0.1, -0.05) is 30.6 Å². The summed E-state index contributed by atoms with van der Waals surface area (Å²) in [5, 5.41) is 4.03. The number of carbonyl (C=O) groups is 1. The van der Waals surface area contributed by atoms with Gasteiger partial charge in [-0.3, -0.25) is 4.79 Å². The molecule has 1 aromatic rings. The Balaban J connectivity index is 2.85. The summed E-state index contributed by atoms with van der Waals surface area (Å²) in [5.41, 5.74) is 6.24. The maximum absolute atomic E-state index is 12.6. The first kappa shape index (κ1) is 16.9. The minimum atomic E-state index is -0.0861. The van der Waals surface area contributed by atoms with Gasteiger partial charge in [-0.15, -0.1) is 5.10 Å². The highest BCUT2D eigenvalue weighted by Gasteiger charge is 2.23. The van der Waals surface area contributed by atoms with Crippen LogP contribution >= 0.6 is 23.8 Å². The van der Waals surface area contributed by atoms with E-state index in [1.54, 1.807) is 12.0 Å². The van der Waals surface area contributed by atoms with Crippen molar-refractivity contribution in [2.45, 2.75) is 26.2 Å². The molecule has 20 heavy (non-hydrogen) atoms. The molecule has 0 aliphatic heterocycles. The molecule has 0 bridgehead atoms. The van der Waals surface area contributed by atoms with Gasteiger partial charge in [-0.2, -0.15) is 0 Å². The first-order valence-electron chi connectivity index (χ1n) is 6.36.